The largest absolute Gasteiger partial charge is 0.369 e. The molecule has 0 radical (unpaired) electrons. The molecule has 1 fully saturated rings. The smallest absolute Gasteiger partial charge is 0.325 e. The highest BCUT2D eigenvalue weighted by Crippen LogP contribution is 2.28. The Morgan fingerprint density at radius 3 is 2.50 bits per heavy atom. The lowest BCUT2D eigenvalue weighted by Crippen LogP contribution is -2.63. The first kappa shape index (κ1) is 20.5. The average Bonchev–Trinajstić information content (AvgIpc) is 2.96. The third kappa shape index (κ3) is 5.12. The van der Waals surface area contributed by atoms with Crippen LogP contribution in [0.15, 0.2) is 4.99 Å². The Hall–Kier alpha value is -1.77. The number of likely N-dealkylation sites (N-methyl/N-ethyl adjacent to an activating group) is 1. The van der Waals surface area contributed by atoms with Crippen LogP contribution in [0, 0.1) is 0 Å². The number of primary amides is 1. The van der Waals surface area contributed by atoms with Crippen molar-refractivity contribution in [3.63, 3.8) is 0 Å². The molecule has 2 unspecified atom stereocenters. The highest BCUT2D eigenvalue weighted by molar-refractivity contribution is 8.14. The summed E-state index contributed by atoms with van der Waals surface area (Å²) in [7, 11) is 1.62. The van der Waals surface area contributed by atoms with E-state index in [1.165, 1.54) is 48.8 Å². The molecule has 146 valence electrons. The minimum atomic E-state index is -0.545. The molecule has 4 amide bonds. The van der Waals surface area contributed by atoms with Crippen molar-refractivity contribution in [2.75, 3.05) is 19.3 Å². The van der Waals surface area contributed by atoms with Crippen LogP contribution in [0.1, 0.15) is 51.9 Å². The summed E-state index contributed by atoms with van der Waals surface area (Å²) < 4.78 is 0. The van der Waals surface area contributed by atoms with Crippen LogP contribution >= 0.6 is 11.8 Å². The van der Waals surface area contributed by atoms with Gasteiger partial charge < -0.3 is 15.5 Å². The van der Waals surface area contributed by atoms with E-state index in [1.54, 1.807) is 7.05 Å². The number of carbonyl (C=O) groups is 3. The van der Waals surface area contributed by atoms with Crippen molar-refractivity contribution in [2.45, 2.75) is 64.1 Å². The van der Waals surface area contributed by atoms with E-state index < -0.39 is 24.1 Å². The summed E-state index contributed by atoms with van der Waals surface area (Å²) >= 11 is 1.23. The Morgan fingerprint density at radius 1 is 1.19 bits per heavy atom. The number of nitrogens with zero attached hydrogens (tertiary/aromatic N) is 3. The number of rotatable bonds is 10. The van der Waals surface area contributed by atoms with E-state index in [-0.39, 0.29) is 11.7 Å². The van der Waals surface area contributed by atoms with Crippen molar-refractivity contribution in [1.29, 1.82) is 0 Å². The van der Waals surface area contributed by atoms with Gasteiger partial charge in [-0.25, -0.2) is 9.79 Å². The van der Waals surface area contributed by atoms with Gasteiger partial charge in [0.15, 0.2) is 17.4 Å². The molecule has 0 aromatic heterocycles. The number of aliphatic imine (C=N–C) groups is 1. The molecule has 0 aliphatic carbocycles. The molecule has 9 heteroatoms. The van der Waals surface area contributed by atoms with Crippen molar-refractivity contribution >= 4 is 34.8 Å². The topological polar surface area (TPSA) is 108 Å². The van der Waals surface area contributed by atoms with Crippen LogP contribution in [-0.2, 0) is 9.59 Å². The molecule has 8 nitrogen and oxygen atoms in total. The number of hydrogen-bond donors (Lipinski definition) is 2. The zero-order chi connectivity index (χ0) is 19.1. The minimum Gasteiger partial charge on any atom is -0.369 e. The number of thioether (sulfide) groups is 1. The van der Waals surface area contributed by atoms with E-state index in [0.29, 0.717) is 11.7 Å². The molecular weight excluding hydrogens is 354 g/mol. The Kier molecular flexibility index (Phi) is 7.74. The van der Waals surface area contributed by atoms with Crippen molar-refractivity contribution in [1.82, 2.24) is 15.1 Å². The molecule has 2 aliphatic rings. The molecule has 2 aliphatic heterocycles. The summed E-state index contributed by atoms with van der Waals surface area (Å²) in [6, 6.07) is -0.981. The number of carbonyl (C=O) groups excluding carboxylic acids is 3. The van der Waals surface area contributed by atoms with E-state index in [0.717, 1.165) is 12.8 Å². The molecule has 2 rings (SSSR count). The summed E-state index contributed by atoms with van der Waals surface area (Å²) in [4.78, 5) is 43.2. The van der Waals surface area contributed by atoms with Gasteiger partial charge in [0.1, 0.15) is 0 Å². The van der Waals surface area contributed by atoms with Crippen LogP contribution < -0.4 is 11.1 Å². The van der Waals surface area contributed by atoms with Gasteiger partial charge in [0.2, 0.25) is 5.91 Å². The predicted molar refractivity (Wildman–Crippen MR) is 103 cm³/mol. The quantitative estimate of drug-likeness (QED) is 0.556. The van der Waals surface area contributed by atoms with E-state index in [4.69, 9.17) is 5.73 Å². The Morgan fingerprint density at radius 2 is 1.85 bits per heavy atom. The van der Waals surface area contributed by atoms with Crippen LogP contribution in [0.4, 0.5) is 4.79 Å². The monoisotopic (exact) mass is 383 g/mol. The van der Waals surface area contributed by atoms with Gasteiger partial charge in [0.25, 0.3) is 5.91 Å². The molecule has 2 atom stereocenters. The van der Waals surface area contributed by atoms with Crippen molar-refractivity contribution in [3.8, 4) is 0 Å². The maximum atomic E-state index is 12.4. The first-order chi connectivity index (χ1) is 12.5. The van der Waals surface area contributed by atoms with Gasteiger partial charge in [-0.1, -0.05) is 57.2 Å². The Bertz CT molecular complexity index is 569. The third-order valence-corrected chi connectivity index (χ3v) is 5.70. The SMILES string of the molecule is CCCCCCCCCN1C(SCC(N)=O)=NC2C1C(=O)NC(=O)N2C. The molecule has 0 bridgehead atoms. The van der Waals surface area contributed by atoms with Gasteiger partial charge in [0.05, 0.1) is 5.75 Å². The van der Waals surface area contributed by atoms with E-state index >= 15 is 0 Å². The number of imide groups is 1. The number of fused-ring (bicyclic) bond motifs is 1. The maximum absolute atomic E-state index is 12.4. The normalized spacial score (nSPS) is 22.3. The number of urea groups is 1. The van der Waals surface area contributed by atoms with Crippen molar-refractivity contribution < 1.29 is 14.4 Å². The number of unbranched alkanes of at least 4 members (excludes halogenated alkanes) is 6. The minimum absolute atomic E-state index is 0.102. The molecule has 1 saturated heterocycles. The van der Waals surface area contributed by atoms with Crippen LogP contribution in [0.3, 0.4) is 0 Å². The van der Waals surface area contributed by atoms with Gasteiger partial charge >= 0.3 is 6.03 Å². The predicted octanol–water partition coefficient (Wildman–Crippen LogP) is 1.50. The lowest BCUT2D eigenvalue weighted by atomic mass is 10.1. The number of hydrogen-bond acceptors (Lipinski definition) is 6. The summed E-state index contributed by atoms with van der Waals surface area (Å²) in [6.07, 6.45) is 7.66. The fourth-order valence-electron chi connectivity index (χ4n) is 3.23. The first-order valence-electron chi connectivity index (χ1n) is 9.29. The van der Waals surface area contributed by atoms with Crippen molar-refractivity contribution in [2.24, 2.45) is 10.7 Å². The molecule has 0 saturated carbocycles. The fraction of sp³-hybridized carbons (Fsp3) is 0.765. The molecule has 0 aromatic carbocycles. The van der Waals surface area contributed by atoms with E-state index in [1.807, 2.05) is 4.90 Å². The van der Waals surface area contributed by atoms with E-state index in [9.17, 15) is 14.4 Å². The second kappa shape index (κ2) is 9.80. The average molecular weight is 384 g/mol. The van der Waals surface area contributed by atoms with Gasteiger partial charge in [-0.05, 0) is 6.42 Å². The number of amides is 4. The van der Waals surface area contributed by atoms with Gasteiger partial charge in [-0.3, -0.25) is 14.9 Å². The summed E-state index contributed by atoms with van der Waals surface area (Å²) in [5, 5.41) is 2.99. The number of amidine groups is 1. The zero-order valence-electron chi connectivity index (χ0n) is 15.6. The second-order valence-electron chi connectivity index (χ2n) is 6.75. The molecule has 2 heterocycles. The molecule has 3 N–H and O–H groups in total. The molecule has 0 aromatic rings. The number of nitrogens with two attached hydrogens (primary N) is 1. The van der Waals surface area contributed by atoms with Gasteiger partial charge in [-0.2, -0.15) is 0 Å². The van der Waals surface area contributed by atoms with Crippen LogP contribution in [0.5, 0.6) is 0 Å². The highest BCUT2D eigenvalue weighted by Gasteiger charge is 2.48. The lowest BCUT2D eigenvalue weighted by Gasteiger charge is -2.36. The van der Waals surface area contributed by atoms with Crippen LogP contribution in [0.2, 0.25) is 0 Å². The first-order valence-corrected chi connectivity index (χ1v) is 10.3. The van der Waals surface area contributed by atoms with Crippen LogP contribution in [-0.4, -0.2) is 64.4 Å². The molecule has 0 spiro atoms. The standard InChI is InChI=1S/C17H29N5O3S/c1-3-4-5-6-7-8-9-10-22-13-14(19-17(22)26-11-12(18)23)21(2)16(25)20-15(13)24/h13-14H,3-11H2,1-2H3,(H2,18,23)(H,20,24,25). The molecule has 26 heavy (non-hydrogen) atoms. The summed E-state index contributed by atoms with van der Waals surface area (Å²) in [5.41, 5.74) is 5.24. The fourth-order valence-corrected chi connectivity index (χ4v) is 4.06. The van der Waals surface area contributed by atoms with Gasteiger partial charge in [0, 0.05) is 13.6 Å². The van der Waals surface area contributed by atoms with Gasteiger partial charge in [-0.15, -0.1) is 0 Å². The Balaban J connectivity index is 1.96. The highest BCUT2D eigenvalue weighted by atomic mass is 32.2. The summed E-state index contributed by atoms with van der Waals surface area (Å²) in [6.45, 7) is 2.88. The Labute approximate surface area is 158 Å². The van der Waals surface area contributed by atoms with Crippen molar-refractivity contribution in [3.05, 3.63) is 0 Å². The molecular formula is C17H29N5O3S. The second-order valence-corrected chi connectivity index (χ2v) is 7.69. The van der Waals surface area contributed by atoms with E-state index in [2.05, 4.69) is 17.2 Å². The zero-order valence-corrected chi connectivity index (χ0v) is 16.4. The third-order valence-electron chi connectivity index (χ3n) is 4.67. The lowest BCUT2D eigenvalue weighted by molar-refractivity contribution is -0.127. The van der Waals surface area contributed by atoms with Crippen LogP contribution in [0.25, 0.3) is 0 Å². The number of nitrogens with one attached hydrogen (secondary N) is 1. The summed E-state index contributed by atoms with van der Waals surface area (Å²) in [5.74, 6) is -0.665. The maximum Gasteiger partial charge on any atom is 0.325 e.